The van der Waals surface area contributed by atoms with Crippen LogP contribution in [0.3, 0.4) is 0 Å². The van der Waals surface area contributed by atoms with Gasteiger partial charge in [0.2, 0.25) is 0 Å². The lowest BCUT2D eigenvalue weighted by Crippen LogP contribution is -2.36. The van der Waals surface area contributed by atoms with Crippen LogP contribution < -0.4 is 5.32 Å². The highest BCUT2D eigenvalue weighted by Gasteiger charge is 2.30. The van der Waals surface area contributed by atoms with E-state index >= 15 is 0 Å². The summed E-state index contributed by atoms with van der Waals surface area (Å²) in [5, 5.41) is 12.3. The molecule has 1 aliphatic rings. The van der Waals surface area contributed by atoms with E-state index in [2.05, 4.69) is 5.32 Å². The Labute approximate surface area is 115 Å². The smallest absolute Gasteiger partial charge is 0.306 e. The largest absolute Gasteiger partial charge is 0.481 e. The van der Waals surface area contributed by atoms with Gasteiger partial charge in [0.05, 0.1) is 11.7 Å². The summed E-state index contributed by atoms with van der Waals surface area (Å²) in [5.74, 6) is -0.472. The van der Waals surface area contributed by atoms with Gasteiger partial charge in [0, 0.05) is 12.3 Å². The molecule has 2 unspecified atom stereocenters. The number of carboxylic acid groups (broad SMARTS) is 1. The molecule has 0 spiro atoms. The molecule has 6 heteroatoms. The summed E-state index contributed by atoms with van der Waals surface area (Å²) in [6.07, 6.45) is 4.37. The monoisotopic (exact) mass is 291 g/mol. The summed E-state index contributed by atoms with van der Waals surface area (Å²) in [7, 11) is -2.94. The third kappa shape index (κ3) is 5.91. The number of carboxylic acids is 1. The first-order valence-electron chi connectivity index (χ1n) is 7.10. The van der Waals surface area contributed by atoms with Gasteiger partial charge in [-0.1, -0.05) is 19.8 Å². The lowest BCUT2D eigenvalue weighted by Gasteiger charge is -2.28. The molecule has 0 aromatic heterocycles. The number of nitrogens with one attached hydrogen (secondary N) is 1. The average molecular weight is 291 g/mol. The Morgan fingerprint density at radius 2 is 1.95 bits per heavy atom. The quantitative estimate of drug-likeness (QED) is 0.658. The van der Waals surface area contributed by atoms with Gasteiger partial charge in [-0.15, -0.1) is 0 Å². The van der Waals surface area contributed by atoms with Gasteiger partial charge >= 0.3 is 5.97 Å². The molecule has 0 aromatic rings. The number of rotatable bonds is 8. The predicted octanol–water partition coefficient (Wildman–Crippen LogP) is 1.29. The van der Waals surface area contributed by atoms with Crippen molar-refractivity contribution in [3.63, 3.8) is 0 Å². The highest BCUT2D eigenvalue weighted by molar-refractivity contribution is 7.91. The fourth-order valence-corrected chi connectivity index (χ4v) is 3.99. The van der Waals surface area contributed by atoms with Crippen LogP contribution in [-0.4, -0.2) is 44.1 Å². The van der Waals surface area contributed by atoms with E-state index < -0.39 is 15.8 Å². The molecule has 0 amide bonds. The number of sulfone groups is 1. The normalized spacial score (nSPS) is 24.3. The van der Waals surface area contributed by atoms with Crippen molar-refractivity contribution in [3.05, 3.63) is 0 Å². The summed E-state index contributed by atoms with van der Waals surface area (Å²) in [6, 6.07) is 0. The maximum Gasteiger partial charge on any atom is 0.306 e. The van der Waals surface area contributed by atoms with Crippen LogP contribution in [0.5, 0.6) is 0 Å². The number of hydrogen-bond donors (Lipinski definition) is 2. The second-order valence-electron chi connectivity index (χ2n) is 5.35. The van der Waals surface area contributed by atoms with Crippen molar-refractivity contribution in [1.29, 1.82) is 0 Å². The molecular formula is C13H25NO4S. The summed E-state index contributed by atoms with van der Waals surface area (Å²) >= 11 is 0. The Morgan fingerprint density at radius 3 is 2.58 bits per heavy atom. The minimum Gasteiger partial charge on any atom is -0.481 e. The summed E-state index contributed by atoms with van der Waals surface area (Å²) in [5.41, 5.74) is 0. The van der Waals surface area contributed by atoms with E-state index in [4.69, 9.17) is 5.11 Å². The SMILES string of the molecule is CCCS(=O)(=O)CCNCC1CCCCC1C(=O)O. The molecule has 5 nitrogen and oxygen atoms in total. The molecule has 0 heterocycles. The Balaban J connectivity index is 2.29. The predicted molar refractivity (Wildman–Crippen MR) is 74.9 cm³/mol. The van der Waals surface area contributed by atoms with Crippen LogP contribution in [0.4, 0.5) is 0 Å². The first-order chi connectivity index (χ1) is 8.96. The minimum absolute atomic E-state index is 0.139. The summed E-state index contributed by atoms with van der Waals surface area (Å²) in [6.45, 7) is 2.88. The van der Waals surface area contributed by atoms with E-state index in [-0.39, 0.29) is 23.3 Å². The Hall–Kier alpha value is -0.620. The molecule has 1 aliphatic carbocycles. The fourth-order valence-electron chi connectivity index (χ4n) is 2.71. The molecule has 1 rings (SSSR count). The van der Waals surface area contributed by atoms with E-state index in [1.54, 1.807) is 0 Å². The molecule has 0 bridgehead atoms. The van der Waals surface area contributed by atoms with Crippen LogP contribution in [0.25, 0.3) is 0 Å². The van der Waals surface area contributed by atoms with Crippen LogP contribution in [0.2, 0.25) is 0 Å². The average Bonchev–Trinajstić information content (AvgIpc) is 2.35. The summed E-state index contributed by atoms with van der Waals surface area (Å²) in [4.78, 5) is 11.1. The van der Waals surface area contributed by atoms with E-state index in [9.17, 15) is 13.2 Å². The van der Waals surface area contributed by atoms with Gasteiger partial charge in [0.25, 0.3) is 0 Å². The lowest BCUT2D eigenvalue weighted by atomic mass is 9.79. The zero-order valence-electron chi connectivity index (χ0n) is 11.6. The van der Waals surface area contributed by atoms with Crippen LogP contribution in [0.15, 0.2) is 0 Å². The van der Waals surface area contributed by atoms with Crippen molar-refractivity contribution in [3.8, 4) is 0 Å². The highest BCUT2D eigenvalue weighted by atomic mass is 32.2. The number of aliphatic carboxylic acids is 1. The maximum absolute atomic E-state index is 11.5. The molecule has 0 saturated heterocycles. The number of carbonyl (C=O) groups is 1. The van der Waals surface area contributed by atoms with Gasteiger partial charge in [-0.25, -0.2) is 8.42 Å². The topological polar surface area (TPSA) is 83.5 Å². The molecule has 0 radical (unpaired) electrons. The molecule has 0 aromatic carbocycles. The van der Waals surface area contributed by atoms with E-state index in [0.29, 0.717) is 19.5 Å². The zero-order chi connectivity index (χ0) is 14.3. The summed E-state index contributed by atoms with van der Waals surface area (Å²) < 4.78 is 23.0. The van der Waals surface area contributed by atoms with E-state index in [1.807, 2.05) is 6.92 Å². The van der Waals surface area contributed by atoms with E-state index in [1.165, 1.54) is 0 Å². The van der Waals surface area contributed by atoms with Gasteiger partial charge < -0.3 is 10.4 Å². The van der Waals surface area contributed by atoms with Crippen molar-refractivity contribution in [2.24, 2.45) is 11.8 Å². The van der Waals surface area contributed by atoms with Gasteiger partial charge in [-0.3, -0.25) is 4.79 Å². The zero-order valence-corrected chi connectivity index (χ0v) is 12.4. The molecule has 112 valence electrons. The molecular weight excluding hydrogens is 266 g/mol. The van der Waals surface area contributed by atoms with Gasteiger partial charge in [-0.2, -0.15) is 0 Å². The standard InChI is InChI=1S/C13H25NO4S/c1-2-8-19(17,18)9-7-14-10-11-5-3-4-6-12(11)13(15)16/h11-12,14H,2-10H2,1H3,(H,15,16). The van der Waals surface area contributed by atoms with Crippen LogP contribution >= 0.6 is 0 Å². The van der Waals surface area contributed by atoms with Crippen molar-refractivity contribution in [1.82, 2.24) is 5.32 Å². The third-order valence-electron chi connectivity index (χ3n) is 3.74. The molecule has 2 N–H and O–H groups in total. The Kier molecular flexibility index (Phi) is 6.79. The van der Waals surface area contributed by atoms with Crippen molar-refractivity contribution >= 4 is 15.8 Å². The fraction of sp³-hybridized carbons (Fsp3) is 0.923. The lowest BCUT2D eigenvalue weighted by molar-refractivity contribution is -0.144. The third-order valence-corrected chi connectivity index (χ3v) is 5.59. The van der Waals surface area contributed by atoms with Crippen molar-refractivity contribution in [2.45, 2.75) is 39.0 Å². The van der Waals surface area contributed by atoms with Gasteiger partial charge in [0.15, 0.2) is 9.84 Å². The second-order valence-corrected chi connectivity index (χ2v) is 7.65. The highest BCUT2D eigenvalue weighted by Crippen LogP contribution is 2.29. The van der Waals surface area contributed by atoms with Crippen LogP contribution in [0.1, 0.15) is 39.0 Å². The van der Waals surface area contributed by atoms with Crippen LogP contribution in [0, 0.1) is 11.8 Å². The molecule has 1 fully saturated rings. The van der Waals surface area contributed by atoms with Crippen LogP contribution in [-0.2, 0) is 14.6 Å². The van der Waals surface area contributed by atoms with Crippen molar-refractivity contribution < 1.29 is 18.3 Å². The maximum atomic E-state index is 11.5. The second kappa shape index (κ2) is 7.85. The van der Waals surface area contributed by atoms with Gasteiger partial charge in [-0.05, 0) is 31.7 Å². The minimum atomic E-state index is -2.94. The van der Waals surface area contributed by atoms with Crippen molar-refractivity contribution in [2.75, 3.05) is 24.6 Å². The van der Waals surface area contributed by atoms with Gasteiger partial charge in [0.1, 0.15) is 0 Å². The molecule has 2 atom stereocenters. The van der Waals surface area contributed by atoms with E-state index in [0.717, 1.165) is 25.7 Å². The first kappa shape index (κ1) is 16.4. The first-order valence-corrected chi connectivity index (χ1v) is 8.92. The Bertz CT molecular complexity index is 380. The molecule has 1 saturated carbocycles. The molecule has 0 aliphatic heterocycles. The Morgan fingerprint density at radius 1 is 1.26 bits per heavy atom. The molecule has 19 heavy (non-hydrogen) atoms. The number of hydrogen-bond acceptors (Lipinski definition) is 4.